The van der Waals surface area contributed by atoms with Crippen molar-refractivity contribution in [2.75, 3.05) is 4.90 Å². The number of nitrogens with zero attached hydrogens (tertiary/aromatic N) is 3. The maximum Gasteiger partial charge on any atom is 0.260 e. The second kappa shape index (κ2) is 7.13. The predicted molar refractivity (Wildman–Crippen MR) is 126 cm³/mol. The largest absolute Gasteiger partial charge is 0.307 e. The number of amides is 1. The maximum absolute atomic E-state index is 13.6. The van der Waals surface area contributed by atoms with Crippen molar-refractivity contribution in [1.29, 1.82) is 5.26 Å². The molecule has 33 heavy (non-hydrogen) atoms. The van der Waals surface area contributed by atoms with Crippen LogP contribution in [0.25, 0.3) is 0 Å². The summed E-state index contributed by atoms with van der Waals surface area (Å²) in [5.41, 5.74) is 4.47. The van der Waals surface area contributed by atoms with Gasteiger partial charge in [-0.25, -0.2) is 0 Å². The van der Waals surface area contributed by atoms with Crippen LogP contribution in [0.1, 0.15) is 71.8 Å². The molecule has 2 aromatic heterocycles. The van der Waals surface area contributed by atoms with Crippen LogP contribution >= 0.6 is 11.3 Å². The molecule has 0 spiro atoms. The first kappa shape index (κ1) is 20.4. The van der Waals surface area contributed by atoms with E-state index in [1.54, 1.807) is 23.7 Å². The summed E-state index contributed by atoms with van der Waals surface area (Å²) >= 11 is 1.66. The molecule has 1 amide bonds. The molecule has 2 aliphatic carbocycles. The zero-order valence-electron chi connectivity index (χ0n) is 18.7. The number of hydrogen-bond acceptors (Lipinski definition) is 6. The molecule has 4 heterocycles. The average Bonchev–Trinajstić information content (AvgIpc) is 3.18. The average molecular weight is 457 g/mol. The second-order valence-electron chi connectivity index (χ2n) is 10.1. The van der Waals surface area contributed by atoms with Gasteiger partial charge in [-0.05, 0) is 54.7 Å². The summed E-state index contributed by atoms with van der Waals surface area (Å²) in [7, 11) is 0. The van der Waals surface area contributed by atoms with Crippen molar-refractivity contribution in [3.05, 3.63) is 68.8 Å². The van der Waals surface area contributed by atoms with E-state index < -0.39 is 5.92 Å². The topological polar surface area (TPSA) is 86.1 Å². The number of carbonyl (C=O) groups excluding carboxylic acids is 2. The number of thiophene rings is 1. The van der Waals surface area contributed by atoms with Crippen molar-refractivity contribution in [3.63, 3.8) is 0 Å². The van der Waals surface area contributed by atoms with Crippen LogP contribution < -0.4 is 10.2 Å². The van der Waals surface area contributed by atoms with Crippen LogP contribution in [0.5, 0.6) is 0 Å². The molecule has 0 unspecified atom stereocenters. The lowest BCUT2D eigenvalue weighted by Gasteiger charge is -2.45. The Morgan fingerprint density at radius 3 is 2.82 bits per heavy atom. The number of carbonyl (C=O) groups is 2. The Kier molecular flexibility index (Phi) is 4.40. The van der Waals surface area contributed by atoms with E-state index in [1.165, 1.54) is 4.88 Å². The number of pyridine rings is 1. The number of ketones is 1. The van der Waals surface area contributed by atoms with Crippen LogP contribution in [0, 0.1) is 16.7 Å². The molecule has 4 aliphatic rings. The fraction of sp³-hybridized carbons (Fsp3) is 0.385. The van der Waals surface area contributed by atoms with Gasteiger partial charge in [-0.1, -0.05) is 19.9 Å². The first-order valence-corrected chi connectivity index (χ1v) is 12.3. The normalized spacial score (nSPS) is 23.3. The molecule has 1 atom stereocenters. The van der Waals surface area contributed by atoms with E-state index in [4.69, 9.17) is 0 Å². The lowest BCUT2D eigenvalue weighted by molar-refractivity contribution is -0.118. The quantitative estimate of drug-likeness (QED) is 0.669. The van der Waals surface area contributed by atoms with Crippen LogP contribution in [-0.2, 0) is 17.6 Å². The van der Waals surface area contributed by atoms with Gasteiger partial charge in [0.2, 0.25) is 0 Å². The minimum absolute atomic E-state index is 0.0710. The smallest absolute Gasteiger partial charge is 0.260 e. The molecule has 0 radical (unpaired) electrons. The zero-order valence-corrected chi connectivity index (χ0v) is 19.5. The van der Waals surface area contributed by atoms with Crippen molar-refractivity contribution in [3.8, 4) is 6.07 Å². The fourth-order valence-electron chi connectivity index (χ4n) is 5.82. The summed E-state index contributed by atoms with van der Waals surface area (Å²) in [6.45, 7) is 4.22. The standard InChI is InChI=1S/C26H24N4O2S/c1-26(2)10-17-22(18(31)11-26)20(14-6-5-9-28-13-14)16(12-27)23-29-24(32)21-15-7-3-4-8-19(15)33-25(21)30(17)23/h5-6,9,13,20H,3-4,7-8,10-11H2,1-2H3,(H,29,32)/t20-/m1/s1. The second-order valence-corrected chi connectivity index (χ2v) is 11.2. The van der Waals surface area contributed by atoms with Gasteiger partial charge >= 0.3 is 0 Å². The molecule has 6 rings (SSSR count). The summed E-state index contributed by atoms with van der Waals surface area (Å²) in [4.78, 5) is 34.5. The summed E-state index contributed by atoms with van der Waals surface area (Å²) < 4.78 is 0. The molecule has 0 aromatic carbocycles. The Morgan fingerprint density at radius 1 is 1.24 bits per heavy atom. The minimum Gasteiger partial charge on any atom is -0.307 e. The van der Waals surface area contributed by atoms with Crippen molar-refractivity contribution in [2.45, 2.75) is 58.3 Å². The van der Waals surface area contributed by atoms with E-state index in [1.807, 2.05) is 17.0 Å². The van der Waals surface area contributed by atoms with Crippen LogP contribution in [0.15, 0.2) is 47.2 Å². The highest BCUT2D eigenvalue weighted by Gasteiger charge is 2.48. The Labute approximate surface area is 196 Å². The lowest BCUT2D eigenvalue weighted by Crippen LogP contribution is -2.47. The summed E-state index contributed by atoms with van der Waals surface area (Å²) in [6, 6.07) is 6.08. The van der Waals surface area contributed by atoms with E-state index in [2.05, 4.69) is 30.2 Å². The molecular weight excluding hydrogens is 432 g/mol. The highest BCUT2D eigenvalue weighted by Crippen LogP contribution is 2.54. The number of aromatic nitrogens is 1. The molecule has 2 aliphatic heterocycles. The number of fused-ring (bicyclic) bond motifs is 6. The third kappa shape index (κ3) is 2.94. The van der Waals surface area contributed by atoms with Gasteiger partial charge in [-0.2, -0.15) is 5.26 Å². The number of nitriles is 1. The van der Waals surface area contributed by atoms with Crippen LogP contribution in [0.3, 0.4) is 0 Å². The minimum atomic E-state index is -0.523. The van der Waals surface area contributed by atoms with Gasteiger partial charge < -0.3 is 5.32 Å². The van der Waals surface area contributed by atoms with Gasteiger partial charge in [0.25, 0.3) is 5.91 Å². The van der Waals surface area contributed by atoms with Gasteiger partial charge in [0, 0.05) is 35.0 Å². The summed E-state index contributed by atoms with van der Waals surface area (Å²) in [6.07, 6.45) is 8.63. The summed E-state index contributed by atoms with van der Waals surface area (Å²) in [5.74, 6) is -0.0860. The Hall–Kier alpha value is -3.24. The number of allylic oxidation sites excluding steroid dienone is 3. The Balaban J connectivity index is 1.65. The summed E-state index contributed by atoms with van der Waals surface area (Å²) in [5, 5.41) is 14.2. The molecule has 166 valence electrons. The number of Topliss-reactive ketones (excluding diaryl/α,β-unsaturated/α-hetero) is 1. The number of rotatable bonds is 1. The molecule has 0 saturated carbocycles. The van der Waals surface area contributed by atoms with Crippen LogP contribution in [-0.4, -0.2) is 16.7 Å². The van der Waals surface area contributed by atoms with E-state index >= 15 is 0 Å². The number of anilines is 1. The van der Waals surface area contributed by atoms with Crippen molar-refractivity contribution < 1.29 is 9.59 Å². The Morgan fingerprint density at radius 2 is 2.06 bits per heavy atom. The molecule has 0 saturated heterocycles. The predicted octanol–water partition coefficient (Wildman–Crippen LogP) is 4.75. The van der Waals surface area contributed by atoms with Gasteiger partial charge in [0.1, 0.15) is 10.8 Å². The first-order valence-electron chi connectivity index (χ1n) is 11.5. The third-order valence-corrected chi connectivity index (χ3v) is 8.45. The lowest BCUT2D eigenvalue weighted by atomic mass is 9.68. The molecule has 1 N–H and O–H groups in total. The van der Waals surface area contributed by atoms with E-state index in [-0.39, 0.29) is 17.1 Å². The maximum atomic E-state index is 13.6. The fourth-order valence-corrected chi connectivity index (χ4v) is 7.24. The van der Waals surface area contributed by atoms with Crippen LogP contribution in [0.2, 0.25) is 0 Å². The molecule has 0 fully saturated rings. The Bertz CT molecular complexity index is 1330. The molecule has 7 heteroatoms. The van der Waals surface area contributed by atoms with Gasteiger partial charge in [0.15, 0.2) is 5.78 Å². The van der Waals surface area contributed by atoms with Gasteiger partial charge in [0.05, 0.1) is 23.1 Å². The third-order valence-electron chi connectivity index (χ3n) is 7.18. The van der Waals surface area contributed by atoms with Gasteiger partial charge in [-0.15, -0.1) is 11.3 Å². The highest BCUT2D eigenvalue weighted by molar-refractivity contribution is 7.17. The molecule has 0 bridgehead atoms. The van der Waals surface area contributed by atoms with Crippen molar-refractivity contribution in [1.82, 2.24) is 10.3 Å². The number of nitrogens with one attached hydrogen (secondary N) is 1. The van der Waals surface area contributed by atoms with E-state index in [0.717, 1.165) is 53.1 Å². The molecule has 6 nitrogen and oxygen atoms in total. The zero-order chi connectivity index (χ0) is 22.9. The molecule has 2 aromatic rings. The van der Waals surface area contributed by atoms with E-state index in [0.29, 0.717) is 29.8 Å². The van der Waals surface area contributed by atoms with Crippen LogP contribution in [0.4, 0.5) is 5.00 Å². The van der Waals surface area contributed by atoms with Gasteiger partial charge in [-0.3, -0.25) is 19.5 Å². The number of aryl methyl sites for hydroxylation is 1. The van der Waals surface area contributed by atoms with E-state index in [9.17, 15) is 14.9 Å². The SMILES string of the molecule is CC1(C)CC(=O)C2=C(C1)N1C(=C(C#N)[C@H]2c2cccnc2)NC(=O)c2c1sc1c2CCCC1. The molecular formula is C26H24N4O2S. The first-order chi connectivity index (χ1) is 15.9. The highest BCUT2D eigenvalue weighted by atomic mass is 32.1. The van der Waals surface area contributed by atoms with Crippen molar-refractivity contribution in [2.24, 2.45) is 5.41 Å². The monoisotopic (exact) mass is 456 g/mol. The number of hydrogen-bond donors (Lipinski definition) is 1. The van der Waals surface area contributed by atoms with Crippen molar-refractivity contribution >= 4 is 28.0 Å².